The van der Waals surface area contributed by atoms with Gasteiger partial charge in [-0.25, -0.2) is 0 Å². The molecule has 2 atom stereocenters. The second-order valence-corrected chi connectivity index (χ2v) is 5.52. The molecule has 2 unspecified atom stereocenters. The number of aromatic hydroxyl groups is 2. The van der Waals surface area contributed by atoms with Crippen molar-refractivity contribution in [3.63, 3.8) is 0 Å². The van der Waals surface area contributed by atoms with Gasteiger partial charge < -0.3 is 31.9 Å². The number of phenols is 2. The second-order valence-electron chi connectivity index (χ2n) is 5.52. The van der Waals surface area contributed by atoms with Crippen LogP contribution in [0.15, 0.2) is 48.5 Å². The van der Waals surface area contributed by atoms with Crippen LogP contribution in [-0.2, 0) is 39.5 Å². The zero-order valence-corrected chi connectivity index (χ0v) is 15.3. The minimum absolute atomic E-state index is 0. The van der Waals surface area contributed by atoms with Crippen LogP contribution in [0.2, 0.25) is 0 Å². The van der Waals surface area contributed by atoms with Crippen LogP contribution in [0, 0.1) is 0 Å². The van der Waals surface area contributed by atoms with Gasteiger partial charge in [0.05, 0.1) is 0 Å². The Morgan fingerprint density at radius 3 is 1.19 bits per heavy atom. The Balaban J connectivity index is 0.000000483. The number of hydrogen-bond donors (Lipinski definition) is 4. The van der Waals surface area contributed by atoms with E-state index in [1.165, 1.54) is 24.3 Å². The van der Waals surface area contributed by atoms with Crippen molar-refractivity contribution in [2.24, 2.45) is 0 Å². The number of phenolic OH excluding ortho intramolecular Hbond substituents is 2. The molecule has 0 saturated heterocycles. The van der Waals surface area contributed by atoms with Crippen LogP contribution >= 0.6 is 0 Å². The van der Waals surface area contributed by atoms with E-state index < -0.39 is 24.0 Å². The molecule has 146 valence electrons. The molecule has 0 amide bonds. The van der Waals surface area contributed by atoms with Crippen LogP contribution in [0.4, 0.5) is 0 Å². The summed E-state index contributed by atoms with van der Waals surface area (Å²) in [5, 5.41) is 34.8. The van der Waals surface area contributed by atoms with Crippen LogP contribution in [0.1, 0.15) is 11.1 Å². The van der Waals surface area contributed by atoms with E-state index in [9.17, 15) is 9.59 Å². The van der Waals surface area contributed by atoms with Crippen LogP contribution in [0.5, 0.6) is 11.5 Å². The zero-order valence-electron chi connectivity index (χ0n) is 14.1. The second kappa shape index (κ2) is 11.9. The molecule has 27 heavy (non-hydrogen) atoms. The third kappa shape index (κ3) is 9.62. The van der Waals surface area contributed by atoms with Crippen LogP contribution < -0.4 is 0 Å². The van der Waals surface area contributed by atoms with Crippen LogP contribution in [-0.4, -0.2) is 44.4 Å². The summed E-state index contributed by atoms with van der Waals surface area (Å²) in [6, 6.07) is 10.1. The Bertz CT molecular complexity index is 658. The monoisotopic (exact) mass is 416 g/mol. The van der Waals surface area contributed by atoms with E-state index in [0.717, 1.165) is 11.1 Å². The Hall–Kier alpha value is -2.58. The van der Waals surface area contributed by atoms with E-state index in [2.05, 4.69) is 0 Å². The number of nitrogens with one attached hydrogen (secondary N) is 2. The van der Waals surface area contributed by atoms with Crippen molar-refractivity contribution in [3.05, 3.63) is 71.1 Å². The van der Waals surface area contributed by atoms with E-state index in [1.807, 2.05) is 0 Å². The molecule has 6 N–H and O–H groups in total. The quantitative estimate of drug-likeness (QED) is 0.529. The summed E-state index contributed by atoms with van der Waals surface area (Å²) in [4.78, 5) is 20.7. The average molecular weight is 416 g/mol. The molecule has 0 aromatic heterocycles. The number of carboxylic acid groups (broad SMARTS) is 2. The fraction of sp³-hybridized carbons (Fsp3) is 0.222. The largest absolute Gasteiger partial charge is 2.00 e. The summed E-state index contributed by atoms with van der Waals surface area (Å²) < 4.78 is 0. The van der Waals surface area contributed by atoms with Gasteiger partial charge in [-0.05, 0) is 60.3 Å². The van der Waals surface area contributed by atoms with Crippen molar-refractivity contribution in [1.82, 2.24) is 0 Å². The Kier molecular flexibility index (Phi) is 10.8. The molecule has 0 aliphatic carbocycles. The molecule has 9 heteroatoms. The SMILES string of the molecule is [Fe+2].[NH-]C(Cc1ccc(O)cc1)C(=O)O.[NH-]C(Cc1ccc(O)cc1)C(=O)O. The molecule has 0 fully saturated rings. The molecule has 8 nitrogen and oxygen atoms in total. The van der Waals surface area contributed by atoms with E-state index in [4.69, 9.17) is 31.9 Å². The van der Waals surface area contributed by atoms with Gasteiger partial charge in [0, 0.05) is 0 Å². The van der Waals surface area contributed by atoms with Crippen LogP contribution in [0.3, 0.4) is 0 Å². The van der Waals surface area contributed by atoms with E-state index in [-0.39, 0.29) is 41.4 Å². The van der Waals surface area contributed by atoms with Gasteiger partial charge in [0.15, 0.2) is 0 Å². The predicted octanol–water partition coefficient (Wildman–Crippen LogP) is 2.88. The van der Waals surface area contributed by atoms with Gasteiger partial charge in [0.1, 0.15) is 11.5 Å². The molecule has 2 aromatic carbocycles. The first-order valence-electron chi connectivity index (χ1n) is 7.62. The van der Waals surface area contributed by atoms with Crippen molar-refractivity contribution >= 4 is 11.9 Å². The van der Waals surface area contributed by atoms with Gasteiger partial charge in [0.25, 0.3) is 11.9 Å². The van der Waals surface area contributed by atoms with E-state index >= 15 is 0 Å². The van der Waals surface area contributed by atoms with Crippen molar-refractivity contribution in [2.45, 2.75) is 24.9 Å². The maximum Gasteiger partial charge on any atom is 2.00 e. The first kappa shape index (κ1) is 24.4. The first-order valence-corrected chi connectivity index (χ1v) is 7.62. The molecule has 0 saturated carbocycles. The third-order valence-corrected chi connectivity index (χ3v) is 3.35. The molecule has 2 rings (SSSR count). The van der Waals surface area contributed by atoms with Gasteiger partial charge in [0.2, 0.25) is 0 Å². The molecule has 0 spiro atoms. The summed E-state index contributed by atoms with van der Waals surface area (Å²) in [6.07, 6.45) is 0.325. The number of rotatable bonds is 6. The number of benzene rings is 2. The fourth-order valence-corrected chi connectivity index (χ4v) is 1.91. The number of aliphatic carboxylic acids is 2. The van der Waals surface area contributed by atoms with Crippen molar-refractivity contribution in [2.75, 3.05) is 0 Å². The Morgan fingerprint density at radius 1 is 0.704 bits per heavy atom. The predicted molar refractivity (Wildman–Crippen MR) is 95.1 cm³/mol. The van der Waals surface area contributed by atoms with Crippen molar-refractivity contribution < 1.29 is 47.1 Å². The smallest absolute Gasteiger partial charge is 0.665 e. The molecule has 0 aliphatic heterocycles. The van der Waals surface area contributed by atoms with Gasteiger partial charge in [-0.15, -0.1) is 0 Å². The minimum Gasteiger partial charge on any atom is -0.665 e. The van der Waals surface area contributed by atoms with Gasteiger partial charge in [-0.1, -0.05) is 24.3 Å². The summed E-state index contributed by atoms with van der Waals surface area (Å²) in [7, 11) is 0. The third-order valence-electron chi connectivity index (χ3n) is 3.35. The van der Waals surface area contributed by atoms with Crippen LogP contribution in [0.25, 0.3) is 11.5 Å². The average Bonchev–Trinajstić information content (AvgIpc) is 2.59. The maximum atomic E-state index is 10.3. The fourth-order valence-electron chi connectivity index (χ4n) is 1.91. The van der Waals surface area contributed by atoms with Crippen molar-refractivity contribution in [1.29, 1.82) is 0 Å². The summed E-state index contributed by atoms with van der Waals surface area (Å²) in [5.41, 5.74) is 15.8. The molecular weight excluding hydrogens is 396 g/mol. The number of hydrogen-bond acceptors (Lipinski definition) is 4. The molecule has 0 radical (unpaired) electrons. The molecule has 2 aromatic rings. The standard InChI is InChI=1S/2C9H10NO3.Fe/c2*10-8(9(12)13)5-6-1-3-7(11)4-2-6;/h2*1-4,8,10-11H,5H2,(H,12,13);/q2*-1;+2. The maximum absolute atomic E-state index is 10.3. The van der Waals surface area contributed by atoms with E-state index in [1.54, 1.807) is 24.3 Å². The van der Waals surface area contributed by atoms with Gasteiger partial charge in [-0.3, -0.25) is 9.59 Å². The summed E-state index contributed by atoms with van der Waals surface area (Å²) >= 11 is 0. The number of carbonyl (C=O) groups is 2. The molecule has 0 aliphatic rings. The summed E-state index contributed by atoms with van der Waals surface area (Å²) in [5.74, 6) is -1.98. The minimum atomic E-state index is -1.13. The summed E-state index contributed by atoms with van der Waals surface area (Å²) in [6.45, 7) is 0. The van der Waals surface area contributed by atoms with E-state index in [0.29, 0.717) is 0 Å². The molecular formula is C18H20FeN2O6. The molecule has 0 bridgehead atoms. The normalized spacial score (nSPS) is 11.9. The van der Waals surface area contributed by atoms with Gasteiger partial charge in [-0.2, -0.15) is 0 Å². The van der Waals surface area contributed by atoms with Gasteiger partial charge >= 0.3 is 17.1 Å². The van der Waals surface area contributed by atoms with Crippen molar-refractivity contribution in [3.8, 4) is 11.5 Å². The topological polar surface area (TPSA) is 163 Å². The first-order chi connectivity index (χ1) is 12.2. The number of carboxylic acids is 2. The Morgan fingerprint density at radius 2 is 0.963 bits per heavy atom. The Labute approximate surface area is 166 Å². The molecule has 0 heterocycles. The zero-order chi connectivity index (χ0) is 19.7.